The van der Waals surface area contributed by atoms with Crippen LogP contribution in [0.25, 0.3) is 0 Å². The van der Waals surface area contributed by atoms with Gasteiger partial charge in [-0.2, -0.15) is 5.10 Å². The average molecular weight is 498 g/mol. The van der Waals surface area contributed by atoms with Crippen LogP contribution >= 0.6 is 24.0 Å². The molecule has 1 saturated carbocycles. The SMILES string of the molecule is CCNC(=NCc1ccc(OC2CCCCC2)nc1)NCc1ccnn1C.I. The quantitative estimate of drug-likeness (QED) is 0.348. The highest BCUT2D eigenvalue weighted by Crippen LogP contribution is 2.22. The van der Waals surface area contributed by atoms with Gasteiger partial charge < -0.3 is 15.4 Å². The topological polar surface area (TPSA) is 76.4 Å². The van der Waals surface area contributed by atoms with E-state index in [9.17, 15) is 0 Å². The van der Waals surface area contributed by atoms with Crippen LogP contribution in [0.3, 0.4) is 0 Å². The van der Waals surface area contributed by atoms with Gasteiger partial charge in [-0.25, -0.2) is 9.98 Å². The zero-order valence-corrected chi connectivity index (χ0v) is 19.1. The third kappa shape index (κ3) is 6.96. The van der Waals surface area contributed by atoms with E-state index in [2.05, 4.69) is 32.6 Å². The van der Waals surface area contributed by atoms with Gasteiger partial charge in [0.15, 0.2) is 5.96 Å². The van der Waals surface area contributed by atoms with Gasteiger partial charge in [-0.3, -0.25) is 4.68 Å². The lowest BCUT2D eigenvalue weighted by molar-refractivity contribution is 0.148. The second-order valence-electron chi connectivity index (χ2n) is 6.88. The highest BCUT2D eigenvalue weighted by Gasteiger charge is 2.15. The molecular weight excluding hydrogens is 467 g/mol. The summed E-state index contributed by atoms with van der Waals surface area (Å²) in [4.78, 5) is 9.09. The van der Waals surface area contributed by atoms with Gasteiger partial charge in [-0.05, 0) is 44.2 Å². The van der Waals surface area contributed by atoms with Crippen LogP contribution in [0.1, 0.15) is 50.3 Å². The summed E-state index contributed by atoms with van der Waals surface area (Å²) in [6.07, 6.45) is 10.1. The molecule has 0 aliphatic heterocycles. The zero-order valence-electron chi connectivity index (χ0n) is 16.7. The third-order valence-electron chi connectivity index (χ3n) is 4.76. The molecule has 0 aromatic carbocycles. The predicted molar refractivity (Wildman–Crippen MR) is 122 cm³/mol. The van der Waals surface area contributed by atoms with Gasteiger partial charge in [0.2, 0.25) is 5.88 Å². The van der Waals surface area contributed by atoms with E-state index in [1.807, 2.05) is 36.1 Å². The van der Waals surface area contributed by atoms with Crippen molar-refractivity contribution in [2.24, 2.45) is 12.0 Å². The second kappa shape index (κ2) is 11.9. The van der Waals surface area contributed by atoms with Crippen molar-refractivity contribution in [1.29, 1.82) is 0 Å². The summed E-state index contributed by atoms with van der Waals surface area (Å²) in [6.45, 7) is 4.11. The van der Waals surface area contributed by atoms with Gasteiger partial charge in [-0.15, -0.1) is 24.0 Å². The molecule has 2 N–H and O–H groups in total. The van der Waals surface area contributed by atoms with E-state index in [0.717, 1.165) is 42.5 Å². The number of aryl methyl sites for hydroxylation is 1. The summed E-state index contributed by atoms with van der Waals surface area (Å²) in [5, 5.41) is 10.8. The molecule has 1 aliphatic carbocycles. The molecule has 0 saturated heterocycles. The van der Waals surface area contributed by atoms with Crippen molar-refractivity contribution in [2.75, 3.05) is 6.54 Å². The first-order chi connectivity index (χ1) is 13.2. The fraction of sp³-hybridized carbons (Fsp3) is 0.550. The maximum atomic E-state index is 5.99. The normalized spacial score (nSPS) is 15.0. The Kier molecular flexibility index (Phi) is 9.52. The molecule has 0 unspecified atom stereocenters. The summed E-state index contributed by atoms with van der Waals surface area (Å²) in [6, 6.07) is 5.99. The summed E-state index contributed by atoms with van der Waals surface area (Å²) in [7, 11) is 1.93. The molecule has 1 fully saturated rings. The molecule has 3 rings (SSSR count). The minimum absolute atomic E-state index is 0. The van der Waals surface area contributed by atoms with Gasteiger partial charge in [-0.1, -0.05) is 12.5 Å². The molecule has 2 aromatic heterocycles. The number of rotatable bonds is 7. The number of nitrogens with one attached hydrogen (secondary N) is 2. The molecule has 1 aliphatic rings. The third-order valence-corrected chi connectivity index (χ3v) is 4.76. The van der Waals surface area contributed by atoms with Crippen molar-refractivity contribution in [3.8, 4) is 5.88 Å². The molecule has 7 nitrogen and oxygen atoms in total. The van der Waals surface area contributed by atoms with Crippen LogP contribution in [-0.4, -0.2) is 33.4 Å². The molecule has 8 heteroatoms. The number of guanidine groups is 1. The van der Waals surface area contributed by atoms with Crippen LogP contribution in [0.5, 0.6) is 5.88 Å². The van der Waals surface area contributed by atoms with E-state index in [1.165, 1.54) is 19.3 Å². The number of hydrogen-bond acceptors (Lipinski definition) is 4. The minimum Gasteiger partial charge on any atom is -0.474 e. The van der Waals surface area contributed by atoms with E-state index in [-0.39, 0.29) is 24.0 Å². The summed E-state index contributed by atoms with van der Waals surface area (Å²) >= 11 is 0. The lowest BCUT2D eigenvalue weighted by atomic mass is 9.98. The fourth-order valence-electron chi connectivity index (χ4n) is 3.19. The first-order valence-electron chi connectivity index (χ1n) is 9.85. The highest BCUT2D eigenvalue weighted by molar-refractivity contribution is 14.0. The number of hydrogen-bond donors (Lipinski definition) is 2. The number of halogens is 1. The minimum atomic E-state index is 0. The lowest BCUT2D eigenvalue weighted by Gasteiger charge is -2.22. The van der Waals surface area contributed by atoms with E-state index < -0.39 is 0 Å². The Morgan fingerprint density at radius 1 is 1.21 bits per heavy atom. The summed E-state index contributed by atoms with van der Waals surface area (Å²) in [5.41, 5.74) is 2.16. The Balaban J connectivity index is 0.00000280. The molecule has 0 spiro atoms. The van der Waals surface area contributed by atoms with Crippen molar-refractivity contribution in [2.45, 2.75) is 58.2 Å². The van der Waals surface area contributed by atoms with Crippen molar-refractivity contribution in [1.82, 2.24) is 25.4 Å². The zero-order chi connectivity index (χ0) is 18.9. The second-order valence-corrected chi connectivity index (χ2v) is 6.88. The monoisotopic (exact) mass is 498 g/mol. The van der Waals surface area contributed by atoms with Gasteiger partial charge >= 0.3 is 0 Å². The molecule has 0 bridgehead atoms. The smallest absolute Gasteiger partial charge is 0.213 e. The largest absolute Gasteiger partial charge is 0.474 e. The number of nitrogens with zero attached hydrogens (tertiary/aromatic N) is 4. The van der Waals surface area contributed by atoms with Crippen LogP contribution < -0.4 is 15.4 Å². The molecule has 28 heavy (non-hydrogen) atoms. The Morgan fingerprint density at radius 2 is 2.04 bits per heavy atom. The Labute approximate surface area is 184 Å². The summed E-state index contributed by atoms with van der Waals surface area (Å²) in [5.74, 6) is 1.50. The first-order valence-corrected chi connectivity index (χ1v) is 9.85. The summed E-state index contributed by atoms with van der Waals surface area (Å²) < 4.78 is 7.84. The highest BCUT2D eigenvalue weighted by atomic mass is 127. The van der Waals surface area contributed by atoms with E-state index in [0.29, 0.717) is 19.2 Å². The van der Waals surface area contributed by atoms with Crippen molar-refractivity contribution in [3.63, 3.8) is 0 Å². The Morgan fingerprint density at radius 3 is 2.68 bits per heavy atom. The predicted octanol–water partition coefficient (Wildman–Crippen LogP) is 3.40. The van der Waals surface area contributed by atoms with Crippen LogP contribution in [0.4, 0.5) is 0 Å². The van der Waals surface area contributed by atoms with Gasteiger partial charge in [0.1, 0.15) is 6.10 Å². The van der Waals surface area contributed by atoms with Crippen LogP contribution in [-0.2, 0) is 20.1 Å². The Hall–Kier alpha value is -1.84. The fourth-order valence-corrected chi connectivity index (χ4v) is 3.19. The van der Waals surface area contributed by atoms with E-state index >= 15 is 0 Å². The molecule has 0 radical (unpaired) electrons. The lowest BCUT2D eigenvalue weighted by Crippen LogP contribution is -2.37. The number of aromatic nitrogens is 3. The number of aliphatic imine (C=N–C) groups is 1. The molecule has 2 heterocycles. The molecular formula is C20H31IN6O. The van der Waals surface area contributed by atoms with Gasteiger partial charge in [0.05, 0.1) is 18.8 Å². The van der Waals surface area contributed by atoms with Crippen molar-refractivity contribution in [3.05, 3.63) is 41.9 Å². The van der Waals surface area contributed by atoms with Crippen molar-refractivity contribution < 1.29 is 4.74 Å². The average Bonchev–Trinajstić information content (AvgIpc) is 3.11. The van der Waals surface area contributed by atoms with Crippen LogP contribution in [0.2, 0.25) is 0 Å². The molecule has 154 valence electrons. The maximum Gasteiger partial charge on any atom is 0.213 e. The molecule has 0 atom stereocenters. The van der Waals surface area contributed by atoms with Gasteiger partial charge in [0, 0.05) is 32.1 Å². The molecule has 0 amide bonds. The van der Waals surface area contributed by atoms with Crippen molar-refractivity contribution >= 4 is 29.9 Å². The standard InChI is InChI=1S/C20H30N6O.HI/c1-3-21-20(24-15-17-11-12-25-26(17)2)23-14-16-9-10-19(22-13-16)27-18-7-5-4-6-8-18;/h9-13,18H,3-8,14-15H2,1-2H3,(H2,21,23,24);1H. The van der Waals surface area contributed by atoms with Crippen LogP contribution in [0, 0.1) is 0 Å². The maximum absolute atomic E-state index is 5.99. The number of pyridine rings is 1. The van der Waals surface area contributed by atoms with Crippen LogP contribution in [0.15, 0.2) is 35.6 Å². The first kappa shape index (κ1) is 22.4. The molecule has 2 aromatic rings. The number of ether oxygens (including phenoxy) is 1. The van der Waals surface area contributed by atoms with Gasteiger partial charge in [0.25, 0.3) is 0 Å². The Bertz CT molecular complexity index is 725. The van der Waals surface area contributed by atoms with E-state index in [1.54, 1.807) is 6.20 Å². The van der Waals surface area contributed by atoms with E-state index in [4.69, 9.17) is 4.74 Å².